The second-order valence-electron chi connectivity index (χ2n) is 2.94. The normalized spacial score (nSPS) is 11.4. The Morgan fingerprint density at radius 2 is 0.290 bits per heavy atom. The Morgan fingerprint density at radius 1 is 0.290 bits per heavy atom. The van der Waals surface area contributed by atoms with Crippen molar-refractivity contribution in [2.75, 3.05) is 0 Å². The third-order valence-corrected chi connectivity index (χ3v) is 0. The number of hydrogen-bond acceptors (Lipinski definition) is 12. The molecule has 0 aromatic carbocycles. The van der Waals surface area contributed by atoms with Crippen molar-refractivity contribution in [3.63, 3.8) is 0 Å². The van der Waals surface area contributed by atoms with Crippen LogP contribution in [0.2, 0.25) is 0 Å². The summed E-state index contributed by atoms with van der Waals surface area (Å²) >= 11 is 0. The van der Waals surface area contributed by atoms with Crippen LogP contribution in [0.25, 0.3) is 0 Å². The minimum atomic E-state index is -4.89. The fourth-order valence-electron chi connectivity index (χ4n) is 0. The molecule has 0 atom stereocenters. The average molecular weight is 678 g/mol. The van der Waals surface area contributed by atoms with Gasteiger partial charge < -0.3 is 88.1 Å². The Labute approximate surface area is 183 Å². The standard InChI is InChI=1S/Mo.6H3O4P/c;6*1-5(2,3)4/h;6*(H3,1,2,3,4)/p-6. The van der Waals surface area contributed by atoms with Crippen LogP contribution in [0.4, 0.5) is 0 Å². The van der Waals surface area contributed by atoms with Crippen molar-refractivity contribution in [3.8, 4) is 0 Å². The molecule has 0 unspecified atom stereocenters. The van der Waals surface area contributed by atoms with Gasteiger partial charge >= 0.3 is 0 Å². The van der Waals surface area contributed by atoms with Crippen molar-refractivity contribution in [2.24, 2.45) is 0 Å². The largest absolute Gasteiger partial charge is 0.756 e. The molecule has 0 rings (SSSR count). The van der Waals surface area contributed by atoms with E-state index in [1.807, 2.05) is 0 Å². The quantitative estimate of drug-likeness (QED) is 0.0835. The van der Waals surface area contributed by atoms with Crippen molar-refractivity contribution in [1.29, 1.82) is 0 Å². The van der Waals surface area contributed by atoms with Gasteiger partial charge in [-0.2, -0.15) is 0 Å². The molecule has 0 saturated heterocycles. The predicted molar refractivity (Wildman–Crippen MR) is 72.3 cm³/mol. The van der Waals surface area contributed by atoms with Crippen LogP contribution >= 0.6 is 46.9 Å². The van der Waals surface area contributed by atoms with E-state index in [9.17, 15) is 0 Å². The predicted octanol–water partition coefficient (Wildman–Crippen LogP) is -9.37. The fourth-order valence-corrected chi connectivity index (χ4v) is 0. The van der Waals surface area contributed by atoms with Crippen LogP contribution in [0.15, 0.2) is 0 Å². The first-order valence-electron chi connectivity index (χ1n) is 4.59. The molecule has 0 aromatic rings. The molecule has 0 spiro atoms. The second kappa shape index (κ2) is 20.7. The fraction of sp³-hybridized carbons (Fsp3) is 0. The molecule has 0 aliphatic heterocycles. The summed E-state index contributed by atoms with van der Waals surface area (Å²) in [5.41, 5.74) is 0. The number of rotatable bonds is 0. The van der Waals surface area contributed by atoms with Gasteiger partial charge in [0.05, 0.1) is 0 Å². The topological polar surface area (TPSA) is 484 Å². The van der Waals surface area contributed by atoms with Gasteiger partial charge in [-0.3, -0.25) is 27.4 Å². The van der Waals surface area contributed by atoms with Crippen molar-refractivity contribution < 1.29 is 137 Å². The number of hydrogen-bond donors (Lipinski definition) is 12. The van der Waals surface area contributed by atoms with E-state index in [2.05, 4.69) is 0 Å². The molecule has 0 heterocycles. The molecule has 24 nitrogen and oxygen atoms in total. The van der Waals surface area contributed by atoms with Crippen LogP contribution < -0.4 is 29.4 Å². The summed E-state index contributed by atoms with van der Waals surface area (Å²) in [6, 6.07) is 0. The molecular formula is H12MoO24P6-6. The summed E-state index contributed by atoms with van der Waals surface area (Å²) < 4.78 is 52.6. The van der Waals surface area contributed by atoms with E-state index >= 15 is 0 Å². The molecule has 0 aliphatic rings. The average Bonchev–Trinajstić information content (AvgIpc) is 1.94. The Bertz CT molecular complexity index is 460. The van der Waals surface area contributed by atoms with Crippen LogP contribution in [-0.4, -0.2) is 58.7 Å². The zero-order valence-electron chi connectivity index (χ0n) is 13.4. The van der Waals surface area contributed by atoms with Crippen LogP contribution in [0.3, 0.4) is 0 Å². The maximum Gasteiger partial charge on any atom is 0.262 e. The number of phosphoric acid groups is 6. The smallest absolute Gasteiger partial charge is 0.262 e. The van der Waals surface area contributed by atoms with Crippen molar-refractivity contribution >= 4 is 46.9 Å². The molecule has 0 radical (unpaired) electrons. The Hall–Kier alpha value is 1.35. The van der Waals surface area contributed by atoms with E-state index in [0.717, 1.165) is 0 Å². The van der Waals surface area contributed by atoms with Crippen LogP contribution in [0.1, 0.15) is 0 Å². The van der Waals surface area contributed by atoms with Crippen molar-refractivity contribution in [1.82, 2.24) is 0 Å². The Kier molecular flexibility index (Phi) is 33.0. The van der Waals surface area contributed by atoms with Gasteiger partial charge in [0, 0.05) is 21.1 Å². The zero-order valence-corrected chi connectivity index (χ0v) is 20.7. The summed E-state index contributed by atoms with van der Waals surface area (Å²) in [5, 5.41) is 0. The Morgan fingerprint density at radius 3 is 0.290 bits per heavy atom. The van der Waals surface area contributed by atoms with E-state index < -0.39 is 46.9 Å². The van der Waals surface area contributed by atoms with Crippen LogP contribution in [-0.2, 0) is 48.5 Å². The van der Waals surface area contributed by atoms with Gasteiger partial charge in [0.25, 0.3) is 46.9 Å². The van der Waals surface area contributed by atoms with Crippen molar-refractivity contribution in [3.05, 3.63) is 0 Å². The summed E-state index contributed by atoms with van der Waals surface area (Å²) in [4.78, 5) is 138. The second-order valence-corrected chi connectivity index (χ2v) is 8.83. The molecular weight excluding hydrogens is 666 g/mol. The summed E-state index contributed by atoms with van der Waals surface area (Å²) in [6.45, 7) is 0. The van der Waals surface area contributed by atoms with E-state index in [-0.39, 0.29) is 21.1 Å². The van der Waals surface area contributed by atoms with Gasteiger partial charge in [0.2, 0.25) is 0 Å². The van der Waals surface area contributed by atoms with Crippen LogP contribution in [0, 0.1) is 0 Å². The summed E-state index contributed by atoms with van der Waals surface area (Å²) in [7, 11) is -29.3. The Balaban J connectivity index is -0.0000000443. The van der Waals surface area contributed by atoms with Gasteiger partial charge in [-0.05, 0) is 0 Å². The molecule has 0 saturated carbocycles. The van der Waals surface area contributed by atoms with E-state index in [1.54, 1.807) is 0 Å². The first-order chi connectivity index (χ1) is 12.0. The zero-order chi connectivity index (χ0) is 27.0. The first kappa shape index (κ1) is 49.5. The summed E-state index contributed by atoms with van der Waals surface area (Å²) in [5.74, 6) is 0. The first-order valence-corrected chi connectivity index (χ1v) is 13.8. The molecule has 0 fully saturated rings. The molecule has 0 aliphatic carbocycles. The monoisotopic (exact) mass is 680 g/mol. The maximum absolute atomic E-state index is 8.77. The third-order valence-electron chi connectivity index (χ3n) is 0. The molecule has 31 heavy (non-hydrogen) atoms. The molecule has 198 valence electrons. The van der Waals surface area contributed by atoms with E-state index in [1.165, 1.54) is 0 Å². The SMILES string of the molecule is O=P([O-])(O)O.O=P([O-])(O)O.O=P([O-])(O)O.O=P([O-])(O)O.O=P([O-])(O)O.O=P([O-])(O)O.[Mo]. The van der Waals surface area contributed by atoms with Crippen LogP contribution in [0.5, 0.6) is 0 Å². The minimum Gasteiger partial charge on any atom is -0.756 e. The molecule has 0 amide bonds. The molecule has 0 bridgehead atoms. The van der Waals surface area contributed by atoms with Gasteiger partial charge in [0.15, 0.2) is 0 Å². The van der Waals surface area contributed by atoms with Crippen molar-refractivity contribution in [2.45, 2.75) is 0 Å². The molecule has 12 N–H and O–H groups in total. The third kappa shape index (κ3) is 14900. The summed E-state index contributed by atoms with van der Waals surface area (Å²) in [6.07, 6.45) is 0. The minimum absolute atomic E-state index is 0. The molecule has 31 heteroatoms. The maximum atomic E-state index is 8.77. The van der Waals surface area contributed by atoms with E-state index in [0.29, 0.717) is 0 Å². The van der Waals surface area contributed by atoms with Gasteiger partial charge in [-0.25, -0.2) is 0 Å². The van der Waals surface area contributed by atoms with E-state index in [4.69, 9.17) is 115 Å². The molecule has 0 aromatic heterocycles. The van der Waals surface area contributed by atoms with Gasteiger partial charge in [-0.1, -0.05) is 0 Å². The van der Waals surface area contributed by atoms with Gasteiger partial charge in [0.1, 0.15) is 0 Å². The van der Waals surface area contributed by atoms with Gasteiger partial charge in [-0.15, -0.1) is 0 Å².